The van der Waals surface area contributed by atoms with Gasteiger partial charge in [0.2, 0.25) is 5.91 Å². The summed E-state index contributed by atoms with van der Waals surface area (Å²) in [5.41, 5.74) is -5.87. The highest BCUT2D eigenvalue weighted by atomic mass is 19.4. The summed E-state index contributed by atoms with van der Waals surface area (Å²) >= 11 is 0. The summed E-state index contributed by atoms with van der Waals surface area (Å²) in [4.78, 5) is 45.5. The number of carbonyl (C=O) groups excluding carboxylic acids is 1. The van der Waals surface area contributed by atoms with Gasteiger partial charge in [-0.25, -0.2) is 22.5 Å². The summed E-state index contributed by atoms with van der Waals surface area (Å²) in [7, 11) is 0. The van der Waals surface area contributed by atoms with Gasteiger partial charge in [-0.05, 0) is 44.4 Å². The predicted octanol–water partition coefficient (Wildman–Crippen LogP) is 3.65. The van der Waals surface area contributed by atoms with Gasteiger partial charge in [-0.15, -0.1) is 0 Å². The molecule has 3 aliphatic carbocycles. The molecule has 7 nitrogen and oxygen atoms in total. The molecule has 3 saturated carbocycles. The molecule has 6 rings (SSSR count). The number of fused-ring (bicyclic) bond motifs is 1. The van der Waals surface area contributed by atoms with Crippen LogP contribution in [0.1, 0.15) is 44.0 Å². The van der Waals surface area contributed by atoms with Crippen LogP contribution < -0.4 is 16.6 Å². The second-order valence-corrected chi connectivity index (χ2v) is 9.62. The predicted molar refractivity (Wildman–Crippen MR) is 113 cm³/mol. The van der Waals surface area contributed by atoms with E-state index in [1.54, 1.807) is 0 Å². The molecule has 0 aliphatic heterocycles. The lowest BCUT2D eigenvalue weighted by atomic mass is 9.32. The van der Waals surface area contributed by atoms with Crippen LogP contribution in [0, 0.1) is 28.3 Å². The maximum absolute atomic E-state index is 14.2. The number of hydrogen-bond donors (Lipinski definition) is 2. The van der Waals surface area contributed by atoms with Crippen LogP contribution >= 0.6 is 0 Å². The third-order valence-electron chi connectivity index (χ3n) is 7.26. The average molecular weight is 512 g/mol. The first kappa shape index (κ1) is 24.1. The number of nitrogens with zero attached hydrogens (tertiary/aromatic N) is 2. The molecular weight excluding hydrogens is 494 g/mol. The standard InChI is InChI=1S/C23H18F6N4O3/c1-10(16-14(26)5-12(25)6-30-16)31-18(34)17(21-7-22(8-21,9-21)23(27,28)29)33-19(35)13-4-11(24)2-3-15(13)32-20(33)36/h2-6,10,17H,7-9H2,1H3,(H,31,34)(H,32,36)/t10-,17-,21?,22?/m0/s1. The Bertz CT molecular complexity index is 1510. The smallest absolute Gasteiger partial charge is 0.346 e. The van der Waals surface area contributed by atoms with E-state index in [1.807, 2.05) is 0 Å². The van der Waals surface area contributed by atoms with Gasteiger partial charge in [-0.2, -0.15) is 13.2 Å². The highest BCUT2D eigenvalue weighted by molar-refractivity contribution is 5.83. The molecule has 1 aromatic carbocycles. The zero-order valence-electron chi connectivity index (χ0n) is 18.5. The van der Waals surface area contributed by atoms with Gasteiger partial charge in [0.1, 0.15) is 23.5 Å². The van der Waals surface area contributed by atoms with Crippen LogP contribution in [0.5, 0.6) is 0 Å². The molecule has 0 unspecified atom stereocenters. The van der Waals surface area contributed by atoms with Crippen LogP contribution in [0.25, 0.3) is 10.9 Å². The van der Waals surface area contributed by atoms with E-state index in [0.29, 0.717) is 10.6 Å². The fourth-order valence-electron chi connectivity index (χ4n) is 5.67. The third-order valence-corrected chi connectivity index (χ3v) is 7.26. The Morgan fingerprint density at radius 3 is 2.39 bits per heavy atom. The second kappa shape index (κ2) is 7.68. The molecule has 36 heavy (non-hydrogen) atoms. The molecule has 3 fully saturated rings. The number of nitrogens with one attached hydrogen (secondary N) is 2. The number of hydrogen-bond acceptors (Lipinski definition) is 4. The molecule has 0 spiro atoms. The van der Waals surface area contributed by atoms with E-state index in [0.717, 1.165) is 24.4 Å². The van der Waals surface area contributed by atoms with E-state index in [-0.39, 0.29) is 16.6 Å². The van der Waals surface area contributed by atoms with Gasteiger partial charge in [-0.1, -0.05) is 0 Å². The quantitative estimate of drug-likeness (QED) is 0.510. The maximum atomic E-state index is 14.2. The Labute approximate surface area is 198 Å². The lowest BCUT2D eigenvalue weighted by molar-refractivity contribution is -0.370. The van der Waals surface area contributed by atoms with Crippen molar-refractivity contribution in [2.75, 3.05) is 0 Å². The van der Waals surface area contributed by atoms with E-state index in [1.165, 1.54) is 6.92 Å². The van der Waals surface area contributed by atoms with Crippen LogP contribution in [0.3, 0.4) is 0 Å². The highest BCUT2D eigenvalue weighted by Gasteiger charge is 2.81. The summed E-state index contributed by atoms with van der Waals surface area (Å²) in [6.45, 7) is 1.31. The topological polar surface area (TPSA) is 96.9 Å². The number of H-pyrrole nitrogens is 1. The van der Waals surface area contributed by atoms with Crippen molar-refractivity contribution in [2.45, 2.75) is 44.4 Å². The van der Waals surface area contributed by atoms with E-state index in [9.17, 15) is 40.7 Å². The lowest BCUT2D eigenvalue weighted by Crippen LogP contribution is -2.73. The van der Waals surface area contributed by atoms with E-state index in [4.69, 9.17) is 0 Å². The van der Waals surface area contributed by atoms with Gasteiger partial charge >= 0.3 is 11.9 Å². The number of aromatic amines is 1. The zero-order valence-corrected chi connectivity index (χ0v) is 18.5. The van der Waals surface area contributed by atoms with Crippen molar-refractivity contribution < 1.29 is 31.1 Å². The molecule has 2 atom stereocenters. The molecule has 3 aliphatic rings. The van der Waals surface area contributed by atoms with Crippen molar-refractivity contribution in [1.82, 2.24) is 19.9 Å². The summed E-state index contributed by atoms with van der Waals surface area (Å²) in [6.07, 6.45) is -5.29. The SMILES string of the molecule is C[C@H](NC(=O)[C@H](n1c(=O)[nH]c2ccc(F)cc2c1=O)C12CC(C(F)(F)F)(C1)C2)c1ncc(F)cc1F. The van der Waals surface area contributed by atoms with Gasteiger partial charge in [0, 0.05) is 11.5 Å². The number of pyridine rings is 1. The van der Waals surface area contributed by atoms with Gasteiger partial charge in [0.05, 0.1) is 34.3 Å². The largest absolute Gasteiger partial charge is 0.394 e. The molecular formula is C23H18F6N4O3. The Balaban J connectivity index is 1.58. The molecule has 2 aromatic heterocycles. The van der Waals surface area contributed by atoms with Crippen molar-refractivity contribution in [3.63, 3.8) is 0 Å². The number of amides is 1. The van der Waals surface area contributed by atoms with Gasteiger partial charge in [-0.3, -0.25) is 14.6 Å². The molecule has 0 saturated heterocycles. The minimum atomic E-state index is -4.53. The van der Waals surface area contributed by atoms with E-state index < -0.39 is 83.0 Å². The van der Waals surface area contributed by atoms with E-state index in [2.05, 4.69) is 15.3 Å². The third kappa shape index (κ3) is 3.43. The fraction of sp³-hybridized carbons (Fsp3) is 0.391. The number of halogens is 6. The summed E-state index contributed by atoms with van der Waals surface area (Å²) in [6, 6.07) is 0.667. The van der Waals surface area contributed by atoms with Crippen LogP contribution in [-0.4, -0.2) is 26.6 Å². The minimum Gasteiger partial charge on any atom is -0.346 e. The summed E-state index contributed by atoms with van der Waals surface area (Å²) in [5.74, 6) is -3.85. The Morgan fingerprint density at radius 1 is 1.11 bits per heavy atom. The summed E-state index contributed by atoms with van der Waals surface area (Å²) in [5, 5.41) is 2.11. The molecule has 190 valence electrons. The molecule has 2 heterocycles. The first-order valence-corrected chi connectivity index (χ1v) is 10.9. The Morgan fingerprint density at radius 2 is 1.78 bits per heavy atom. The number of benzene rings is 1. The highest BCUT2D eigenvalue weighted by Crippen LogP contribution is 2.81. The molecule has 3 aromatic rings. The molecule has 13 heteroatoms. The van der Waals surface area contributed by atoms with E-state index >= 15 is 0 Å². The molecule has 0 radical (unpaired) electrons. The summed E-state index contributed by atoms with van der Waals surface area (Å²) < 4.78 is 82.3. The van der Waals surface area contributed by atoms with Gasteiger partial charge in [0.15, 0.2) is 0 Å². The lowest BCUT2D eigenvalue weighted by Gasteiger charge is -2.72. The van der Waals surface area contributed by atoms with Crippen molar-refractivity contribution in [2.24, 2.45) is 10.8 Å². The Hall–Kier alpha value is -3.64. The van der Waals surface area contributed by atoms with Crippen LogP contribution in [0.15, 0.2) is 40.1 Å². The average Bonchev–Trinajstić information content (AvgIpc) is 2.70. The van der Waals surface area contributed by atoms with Gasteiger partial charge < -0.3 is 10.3 Å². The number of aromatic nitrogens is 3. The Kier molecular flexibility index (Phi) is 5.13. The van der Waals surface area contributed by atoms with Crippen molar-refractivity contribution >= 4 is 16.8 Å². The van der Waals surface area contributed by atoms with Crippen LogP contribution in [-0.2, 0) is 4.79 Å². The van der Waals surface area contributed by atoms with Crippen molar-refractivity contribution in [3.05, 3.63) is 74.4 Å². The van der Waals surface area contributed by atoms with Crippen LogP contribution in [0.4, 0.5) is 26.3 Å². The zero-order chi connectivity index (χ0) is 26.2. The first-order valence-electron chi connectivity index (χ1n) is 10.9. The normalized spacial score (nSPS) is 24.5. The second-order valence-electron chi connectivity index (χ2n) is 9.62. The molecule has 2 bridgehead atoms. The monoisotopic (exact) mass is 512 g/mol. The number of carbonyl (C=O) groups is 1. The van der Waals surface area contributed by atoms with Crippen molar-refractivity contribution in [3.8, 4) is 0 Å². The molecule has 1 amide bonds. The minimum absolute atomic E-state index is 0.0166. The van der Waals surface area contributed by atoms with Gasteiger partial charge in [0.25, 0.3) is 5.56 Å². The number of alkyl halides is 3. The maximum Gasteiger partial charge on any atom is 0.394 e. The first-order chi connectivity index (χ1) is 16.8. The van der Waals surface area contributed by atoms with Crippen LogP contribution in [0.2, 0.25) is 0 Å². The van der Waals surface area contributed by atoms with Crippen molar-refractivity contribution in [1.29, 1.82) is 0 Å². The number of rotatable bonds is 5. The molecule has 2 N–H and O–H groups in total. The fourth-order valence-corrected chi connectivity index (χ4v) is 5.67.